The first-order valence-corrected chi connectivity index (χ1v) is 6.85. The average Bonchev–Trinajstić information content (AvgIpc) is 2.69. The molecule has 3 atom stereocenters. The lowest BCUT2D eigenvalue weighted by molar-refractivity contribution is -0.124. The van der Waals surface area contributed by atoms with Crippen molar-refractivity contribution in [2.75, 3.05) is 7.05 Å². The molecule has 1 fully saturated rings. The summed E-state index contributed by atoms with van der Waals surface area (Å²) in [5.41, 5.74) is 10.3. The maximum absolute atomic E-state index is 11.7. The summed E-state index contributed by atoms with van der Waals surface area (Å²) in [6.07, 6.45) is 2.93. The molecule has 1 saturated carbocycles. The van der Waals surface area contributed by atoms with Crippen molar-refractivity contribution in [2.24, 2.45) is 17.4 Å². The fourth-order valence-electron chi connectivity index (χ4n) is 3.04. The Labute approximate surface area is 114 Å². The average molecular weight is 270 g/mol. The molecule has 0 aromatic heterocycles. The molecule has 0 radical (unpaired) electrons. The summed E-state index contributed by atoms with van der Waals surface area (Å²) in [5, 5.41) is 6.21. The summed E-state index contributed by atoms with van der Waals surface area (Å²) in [6, 6.07) is -0.143. The number of likely N-dealkylation sites (N-methyl/N-ethyl adjacent to an activating group) is 1. The van der Waals surface area contributed by atoms with Gasteiger partial charge in [-0.25, -0.2) is 0 Å². The van der Waals surface area contributed by atoms with Crippen LogP contribution in [0, 0.1) is 5.92 Å². The number of rotatable bonds is 7. The van der Waals surface area contributed by atoms with E-state index in [9.17, 15) is 9.59 Å². The van der Waals surface area contributed by atoms with E-state index in [2.05, 4.69) is 10.6 Å². The number of primary amides is 2. The molecule has 6 N–H and O–H groups in total. The van der Waals surface area contributed by atoms with Gasteiger partial charge in [-0.05, 0) is 52.5 Å². The molecule has 0 aromatic carbocycles. The second-order valence-corrected chi connectivity index (χ2v) is 5.83. The fourth-order valence-corrected chi connectivity index (χ4v) is 3.04. The largest absolute Gasteiger partial charge is 0.368 e. The first-order valence-electron chi connectivity index (χ1n) is 6.85. The van der Waals surface area contributed by atoms with Gasteiger partial charge in [0.25, 0.3) is 0 Å². The van der Waals surface area contributed by atoms with E-state index in [1.807, 2.05) is 13.8 Å². The van der Waals surface area contributed by atoms with Gasteiger partial charge in [0.05, 0.1) is 11.6 Å². The van der Waals surface area contributed by atoms with E-state index in [0.29, 0.717) is 12.8 Å². The first kappa shape index (κ1) is 15.9. The van der Waals surface area contributed by atoms with Gasteiger partial charge in [0.2, 0.25) is 11.8 Å². The second kappa shape index (κ2) is 6.34. The van der Waals surface area contributed by atoms with E-state index < -0.39 is 5.54 Å². The van der Waals surface area contributed by atoms with Crippen molar-refractivity contribution in [2.45, 2.75) is 57.2 Å². The van der Waals surface area contributed by atoms with Gasteiger partial charge in [-0.15, -0.1) is 0 Å². The zero-order valence-corrected chi connectivity index (χ0v) is 12.0. The predicted octanol–water partition coefficient (Wildman–Crippen LogP) is -0.528. The van der Waals surface area contributed by atoms with Crippen LogP contribution in [0.4, 0.5) is 0 Å². The number of nitrogens with two attached hydrogens (primary N) is 2. The Morgan fingerprint density at radius 3 is 2.42 bits per heavy atom. The Hall–Kier alpha value is -1.14. The highest BCUT2D eigenvalue weighted by Gasteiger charge is 2.44. The highest BCUT2D eigenvalue weighted by molar-refractivity contribution is 5.85. The van der Waals surface area contributed by atoms with Gasteiger partial charge in [0.1, 0.15) is 0 Å². The number of nitrogens with one attached hydrogen (secondary N) is 2. The SMILES string of the molecule is CNC(CC1CCC(NC(C)C)(C(N)=O)C1)C(N)=O. The molecular weight excluding hydrogens is 244 g/mol. The van der Waals surface area contributed by atoms with Crippen LogP contribution >= 0.6 is 0 Å². The van der Waals surface area contributed by atoms with Crippen molar-refractivity contribution in [3.63, 3.8) is 0 Å². The summed E-state index contributed by atoms with van der Waals surface area (Å²) in [6.45, 7) is 4.00. The maximum atomic E-state index is 11.7. The summed E-state index contributed by atoms with van der Waals surface area (Å²) >= 11 is 0. The minimum absolute atomic E-state index is 0.197. The van der Waals surface area contributed by atoms with Crippen LogP contribution in [0.1, 0.15) is 39.5 Å². The van der Waals surface area contributed by atoms with Crippen LogP contribution in [0.5, 0.6) is 0 Å². The summed E-state index contributed by atoms with van der Waals surface area (Å²) in [4.78, 5) is 23.0. The quantitative estimate of drug-likeness (QED) is 0.498. The third-order valence-electron chi connectivity index (χ3n) is 3.91. The monoisotopic (exact) mass is 270 g/mol. The molecule has 19 heavy (non-hydrogen) atoms. The number of carbonyl (C=O) groups excluding carboxylic acids is 2. The summed E-state index contributed by atoms with van der Waals surface area (Å²) in [5.74, 6) is -0.372. The van der Waals surface area contributed by atoms with Gasteiger partial charge in [-0.1, -0.05) is 0 Å². The van der Waals surface area contributed by atoms with E-state index in [-0.39, 0.29) is 29.8 Å². The molecule has 6 heteroatoms. The lowest BCUT2D eigenvalue weighted by Crippen LogP contribution is -2.56. The van der Waals surface area contributed by atoms with E-state index >= 15 is 0 Å². The lowest BCUT2D eigenvalue weighted by Gasteiger charge is -2.30. The zero-order chi connectivity index (χ0) is 14.6. The smallest absolute Gasteiger partial charge is 0.237 e. The molecular formula is C13H26N4O2. The zero-order valence-electron chi connectivity index (χ0n) is 12.0. The van der Waals surface area contributed by atoms with Crippen LogP contribution in [0.15, 0.2) is 0 Å². The predicted molar refractivity (Wildman–Crippen MR) is 74.2 cm³/mol. The third kappa shape index (κ3) is 3.91. The molecule has 0 aromatic rings. The fraction of sp³-hybridized carbons (Fsp3) is 0.846. The molecule has 0 bridgehead atoms. The number of hydrogen-bond donors (Lipinski definition) is 4. The standard InChI is InChI=1S/C13H26N4O2/c1-8(2)17-13(12(15)19)5-4-9(7-13)6-10(16-3)11(14)18/h8-10,16-17H,4-7H2,1-3H3,(H2,14,18)(H2,15,19). The van der Waals surface area contributed by atoms with Gasteiger partial charge >= 0.3 is 0 Å². The van der Waals surface area contributed by atoms with Gasteiger partial charge in [-0.3, -0.25) is 9.59 Å². The van der Waals surface area contributed by atoms with Gasteiger partial charge in [-0.2, -0.15) is 0 Å². The van der Waals surface area contributed by atoms with Gasteiger partial charge in [0.15, 0.2) is 0 Å². The van der Waals surface area contributed by atoms with Crippen molar-refractivity contribution in [3.05, 3.63) is 0 Å². The first-order chi connectivity index (χ1) is 8.80. The van der Waals surface area contributed by atoms with Gasteiger partial charge < -0.3 is 22.1 Å². The maximum Gasteiger partial charge on any atom is 0.237 e. The van der Waals surface area contributed by atoms with Crippen LogP contribution in [-0.4, -0.2) is 36.5 Å². The molecule has 1 aliphatic rings. The lowest BCUT2D eigenvalue weighted by atomic mass is 9.91. The van der Waals surface area contributed by atoms with E-state index in [1.54, 1.807) is 7.05 Å². The minimum atomic E-state index is -0.630. The van der Waals surface area contributed by atoms with Crippen molar-refractivity contribution in [1.82, 2.24) is 10.6 Å². The van der Waals surface area contributed by atoms with Crippen LogP contribution < -0.4 is 22.1 Å². The van der Waals surface area contributed by atoms with Crippen LogP contribution in [0.2, 0.25) is 0 Å². The molecule has 1 rings (SSSR count). The highest BCUT2D eigenvalue weighted by Crippen LogP contribution is 2.37. The topological polar surface area (TPSA) is 110 Å². The Morgan fingerprint density at radius 2 is 2.00 bits per heavy atom. The Bertz CT molecular complexity index is 346. The summed E-state index contributed by atoms with van der Waals surface area (Å²) < 4.78 is 0. The van der Waals surface area contributed by atoms with Crippen molar-refractivity contribution < 1.29 is 9.59 Å². The Kier molecular flexibility index (Phi) is 5.31. The molecule has 2 amide bonds. The highest BCUT2D eigenvalue weighted by atomic mass is 16.2. The molecule has 1 aliphatic carbocycles. The molecule has 0 heterocycles. The van der Waals surface area contributed by atoms with Crippen molar-refractivity contribution >= 4 is 11.8 Å². The van der Waals surface area contributed by atoms with Crippen LogP contribution in [0.3, 0.4) is 0 Å². The van der Waals surface area contributed by atoms with E-state index in [4.69, 9.17) is 11.5 Å². The number of hydrogen-bond acceptors (Lipinski definition) is 4. The van der Waals surface area contributed by atoms with Crippen molar-refractivity contribution in [1.29, 1.82) is 0 Å². The van der Waals surface area contributed by atoms with E-state index in [0.717, 1.165) is 12.8 Å². The number of carbonyl (C=O) groups is 2. The molecule has 3 unspecified atom stereocenters. The molecule has 0 spiro atoms. The second-order valence-electron chi connectivity index (χ2n) is 5.83. The number of amides is 2. The summed E-state index contributed by atoms with van der Waals surface area (Å²) in [7, 11) is 1.72. The van der Waals surface area contributed by atoms with E-state index in [1.165, 1.54) is 0 Å². The normalized spacial score (nSPS) is 28.5. The third-order valence-corrected chi connectivity index (χ3v) is 3.91. The molecule has 6 nitrogen and oxygen atoms in total. The molecule has 0 saturated heterocycles. The van der Waals surface area contributed by atoms with Crippen LogP contribution in [0.25, 0.3) is 0 Å². The van der Waals surface area contributed by atoms with Crippen molar-refractivity contribution in [3.8, 4) is 0 Å². The molecule has 0 aliphatic heterocycles. The van der Waals surface area contributed by atoms with Crippen LogP contribution in [-0.2, 0) is 9.59 Å². The Balaban J connectivity index is 2.68. The Morgan fingerprint density at radius 1 is 1.37 bits per heavy atom. The van der Waals surface area contributed by atoms with Gasteiger partial charge in [0, 0.05) is 6.04 Å². The molecule has 110 valence electrons. The minimum Gasteiger partial charge on any atom is -0.368 e.